The minimum atomic E-state index is -3.37. The fraction of sp³-hybridized carbons (Fsp3) is 0.733. The number of piperidine rings is 1. The van der Waals surface area contributed by atoms with E-state index in [0.29, 0.717) is 45.3 Å². The highest BCUT2D eigenvalue weighted by Gasteiger charge is 2.28. The largest absolute Gasteiger partial charge is 0.379 e. The van der Waals surface area contributed by atoms with E-state index in [2.05, 4.69) is 4.98 Å². The summed E-state index contributed by atoms with van der Waals surface area (Å²) in [4.78, 5) is 18.5. The van der Waals surface area contributed by atoms with Crippen LogP contribution >= 0.6 is 11.3 Å². The average molecular weight is 374 g/mol. The van der Waals surface area contributed by atoms with Gasteiger partial charge in [-0.1, -0.05) is 0 Å². The Morgan fingerprint density at radius 2 is 1.96 bits per heavy atom. The third-order valence-electron chi connectivity index (χ3n) is 4.59. The van der Waals surface area contributed by atoms with E-state index in [1.54, 1.807) is 16.2 Å². The Labute approximate surface area is 146 Å². The van der Waals surface area contributed by atoms with Gasteiger partial charge in [0.1, 0.15) is 0 Å². The number of thiazole rings is 1. The van der Waals surface area contributed by atoms with Crippen LogP contribution in [-0.4, -0.2) is 73.7 Å². The molecule has 0 unspecified atom stereocenters. The molecule has 1 aromatic rings. The second kappa shape index (κ2) is 7.90. The minimum absolute atomic E-state index is 0.0572. The van der Waals surface area contributed by atoms with Gasteiger partial charge in [-0.3, -0.25) is 4.79 Å². The van der Waals surface area contributed by atoms with Crippen molar-refractivity contribution < 1.29 is 17.9 Å². The summed E-state index contributed by atoms with van der Waals surface area (Å²) in [6.07, 6.45) is 3.67. The van der Waals surface area contributed by atoms with Crippen molar-refractivity contribution >= 4 is 27.3 Å². The van der Waals surface area contributed by atoms with Crippen LogP contribution in [0.1, 0.15) is 30.2 Å². The van der Waals surface area contributed by atoms with E-state index in [4.69, 9.17) is 4.74 Å². The Bertz CT molecular complexity index is 634. The maximum atomic E-state index is 12.3. The van der Waals surface area contributed by atoms with Gasteiger partial charge < -0.3 is 9.64 Å². The first-order chi connectivity index (χ1) is 11.6. The highest BCUT2D eigenvalue weighted by Crippen LogP contribution is 2.29. The van der Waals surface area contributed by atoms with Gasteiger partial charge in [0.15, 0.2) is 0 Å². The van der Waals surface area contributed by atoms with E-state index < -0.39 is 10.0 Å². The average Bonchev–Trinajstić information content (AvgIpc) is 3.15. The lowest BCUT2D eigenvalue weighted by Gasteiger charge is -2.31. The summed E-state index contributed by atoms with van der Waals surface area (Å²) in [6.45, 7) is 2.99. The Morgan fingerprint density at radius 1 is 1.25 bits per heavy atom. The lowest BCUT2D eigenvalue weighted by molar-refractivity contribution is -0.131. The van der Waals surface area contributed by atoms with Crippen molar-refractivity contribution in [3.8, 4) is 0 Å². The van der Waals surface area contributed by atoms with Crippen molar-refractivity contribution in [2.75, 3.05) is 45.1 Å². The molecule has 1 amide bonds. The van der Waals surface area contributed by atoms with Crippen molar-refractivity contribution in [2.45, 2.75) is 25.2 Å². The fourth-order valence-electron chi connectivity index (χ4n) is 3.14. The fourth-order valence-corrected chi connectivity index (χ4v) is 5.35. The van der Waals surface area contributed by atoms with Crippen LogP contribution in [0.3, 0.4) is 0 Å². The summed E-state index contributed by atoms with van der Waals surface area (Å²) in [6, 6.07) is 0. The number of hydrogen-bond acceptors (Lipinski definition) is 6. The number of nitrogens with zero attached hydrogens (tertiary/aromatic N) is 3. The molecule has 2 fully saturated rings. The Balaban J connectivity index is 1.46. The maximum Gasteiger partial charge on any atom is 0.223 e. The van der Waals surface area contributed by atoms with Crippen molar-refractivity contribution in [1.29, 1.82) is 0 Å². The van der Waals surface area contributed by atoms with E-state index >= 15 is 0 Å². The van der Waals surface area contributed by atoms with E-state index in [9.17, 15) is 13.2 Å². The first-order valence-corrected chi connectivity index (χ1v) is 10.8. The van der Waals surface area contributed by atoms with Gasteiger partial charge in [-0.15, -0.1) is 11.3 Å². The third kappa shape index (κ3) is 4.33. The van der Waals surface area contributed by atoms with Crippen LogP contribution in [0.25, 0.3) is 0 Å². The number of morpholine rings is 1. The van der Waals surface area contributed by atoms with Crippen LogP contribution in [0, 0.1) is 0 Å². The Morgan fingerprint density at radius 3 is 2.58 bits per heavy atom. The lowest BCUT2D eigenvalue weighted by atomic mass is 9.97. The third-order valence-corrected chi connectivity index (χ3v) is 7.40. The van der Waals surface area contributed by atoms with E-state index in [-0.39, 0.29) is 18.1 Å². The van der Waals surface area contributed by atoms with Crippen LogP contribution in [0.2, 0.25) is 0 Å². The molecule has 0 spiro atoms. The van der Waals surface area contributed by atoms with Crippen LogP contribution in [0.15, 0.2) is 11.6 Å². The SMILES string of the molecule is O=C(CCS(=O)(=O)N1CCOCC1)N1CCC(c2nccs2)CC1. The van der Waals surface area contributed by atoms with E-state index in [1.165, 1.54) is 4.31 Å². The monoisotopic (exact) mass is 373 g/mol. The molecule has 9 heteroatoms. The molecule has 0 aromatic carbocycles. The number of likely N-dealkylation sites (tertiary alicyclic amines) is 1. The minimum Gasteiger partial charge on any atom is -0.379 e. The molecule has 2 saturated heterocycles. The zero-order chi connectivity index (χ0) is 17.0. The summed E-state index contributed by atoms with van der Waals surface area (Å²) in [5.74, 6) is 0.244. The quantitative estimate of drug-likeness (QED) is 0.766. The Hall–Kier alpha value is -1.03. The molecule has 0 N–H and O–H groups in total. The van der Waals surface area contributed by atoms with Gasteiger partial charge in [-0.2, -0.15) is 4.31 Å². The summed E-state index contributed by atoms with van der Waals surface area (Å²) >= 11 is 1.66. The molecule has 0 saturated carbocycles. The normalized spacial score (nSPS) is 21.1. The number of hydrogen-bond donors (Lipinski definition) is 0. The van der Waals surface area contributed by atoms with Gasteiger partial charge >= 0.3 is 0 Å². The predicted octanol–water partition coefficient (Wildman–Crippen LogP) is 0.901. The highest BCUT2D eigenvalue weighted by molar-refractivity contribution is 7.89. The number of carbonyl (C=O) groups is 1. The van der Waals surface area contributed by atoms with Crippen LogP contribution in [-0.2, 0) is 19.6 Å². The molecule has 0 atom stereocenters. The molecule has 0 radical (unpaired) electrons. The Kier molecular flexibility index (Phi) is 5.85. The van der Waals surface area contributed by atoms with Gasteiger partial charge in [0.25, 0.3) is 0 Å². The molecule has 0 bridgehead atoms. The molecular formula is C15H23N3O4S2. The second-order valence-electron chi connectivity index (χ2n) is 6.10. The molecule has 3 rings (SSSR count). The number of sulfonamides is 1. The van der Waals surface area contributed by atoms with Crippen LogP contribution in [0.4, 0.5) is 0 Å². The van der Waals surface area contributed by atoms with Crippen molar-refractivity contribution in [3.05, 3.63) is 16.6 Å². The molecule has 1 aromatic heterocycles. The smallest absolute Gasteiger partial charge is 0.223 e. The summed E-state index contributed by atoms with van der Waals surface area (Å²) in [5.41, 5.74) is 0. The van der Waals surface area contributed by atoms with Gasteiger partial charge in [0.05, 0.1) is 24.0 Å². The number of rotatable bonds is 5. The van der Waals surface area contributed by atoms with Crippen molar-refractivity contribution in [1.82, 2.24) is 14.2 Å². The van der Waals surface area contributed by atoms with Gasteiger partial charge in [-0.05, 0) is 12.8 Å². The molecule has 24 heavy (non-hydrogen) atoms. The first-order valence-electron chi connectivity index (χ1n) is 8.29. The highest BCUT2D eigenvalue weighted by atomic mass is 32.2. The number of aromatic nitrogens is 1. The molecular weight excluding hydrogens is 350 g/mol. The number of amides is 1. The standard InChI is InChI=1S/C15H23N3O4S2/c19-14(3-12-24(20,21)18-7-9-22-10-8-18)17-5-1-13(2-6-17)15-16-4-11-23-15/h4,11,13H,1-3,5-10,12H2. The maximum absolute atomic E-state index is 12.3. The van der Waals surface area contributed by atoms with Gasteiger partial charge in [-0.25, -0.2) is 13.4 Å². The number of ether oxygens (including phenoxy) is 1. The second-order valence-corrected chi connectivity index (χ2v) is 9.12. The molecule has 7 nitrogen and oxygen atoms in total. The molecule has 2 aliphatic heterocycles. The van der Waals surface area contributed by atoms with Gasteiger partial charge in [0.2, 0.25) is 15.9 Å². The topological polar surface area (TPSA) is 79.8 Å². The van der Waals surface area contributed by atoms with E-state index in [1.807, 2.05) is 11.6 Å². The van der Waals surface area contributed by atoms with Crippen LogP contribution < -0.4 is 0 Å². The predicted molar refractivity (Wildman–Crippen MR) is 91.5 cm³/mol. The molecule has 2 aliphatic rings. The van der Waals surface area contributed by atoms with Crippen LogP contribution in [0.5, 0.6) is 0 Å². The van der Waals surface area contributed by atoms with Gasteiger partial charge in [0, 0.05) is 50.1 Å². The van der Waals surface area contributed by atoms with Crippen molar-refractivity contribution in [3.63, 3.8) is 0 Å². The molecule has 134 valence electrons. The summed E-state index contributed by atoms with van der Waals surface area (Å²) in [7, 11) is -3.37. The lowest BCUT2D eigenvalue weighted by Crippen LogP contribution is -2.43. The molecule has 3 heterocycles. The summed E-state index contributed by atoms with van der Waals surface area (Å²) < 4.78 is 31.1. The zero-order valence-corrected chi connectivity index (χ0v) is 15.2. The zero-order valence-electron chi connectivity index (χ0n) is 13.6. The number of carbonyl (C=O) groups excluding carboxylic acids is 1. The first kappa shape index (κ1) is 17.8. The summed E-state index contributed by atoms with van der Waals surface area (Å²) in [5, 5.41) is 3.11. The molecule has 0 aliphatic carbocycles. The van der Waals surface area contributed by atoms with Crippen molar-refractivity contribution in [2.24, 2.45) is 0 Å². The van der Waals surface area contributed by atoms with E-state index in [0.717, 1.165) is 17.8 Å².